The van der Waals surface area contributed by atoms with Crippen LogP contribution in [-0.2, 0) is 14.8 Å². The van der Waals surface area contributed by atoms with Gasteiger partial charge in [0.1, 0.15) is 6.04 Å². The smallest absolute Gasteiger partial charge is 0.261 e. The lowest BCUT2D eigenvalue weighted by molar-refractivity contribution is -0.122. The van der Waals surface area contributed by atoms with Crippen LogP contribution in [0.2, 0.25) is 5.02 Å². The van der Waals surface area contributed by atoms with Crippen LogP contribution in [0.15, 0.2) is 53.4 Å². The summed E-state index contributed by atoms with van der Waals surface area (Å²) in [5.41, 5.74) is 0.619. The number of benzene rings is 2. The van der Waals surface area contributed by atoms with E-state index in [9.17, 15) is 18.0 Å². The number of anilines is 1. The highest BCUT2D eigenvalue weighted by Crippen LogP contribution is 2.18. The van der Waals surface area contributed by atoms with Crippen LogP contribution in [0.5, 0.6) is 0 Å². The maximum Gasteiger partial charge on any atom is 0.261 e. The van der Waals surface area contributed by atoms with E-state index >= 15 is 0 Å². The number of sulfonamides is 1. The summed E-state index contributed by atoms with van der Waals surface area (Å²) in [6.45, 7) is 3.81. The van der Waals surface area contributed by atoms with E-state index in [0.29, 0.717) is 17.3 Å². The SMILES string of the molecule is CCNC(=O)[C@@H](C)NC(=O)c1ccc(S(=O)(=O)Nc2ccc(Cl)cc2)cc1. The van der Waals surface area contributed by atoms with Gasteiger partial charge in [-0.1, -0.05) is 11.6 Å². The zero-order valence-corrected chi connectivity index (χ0v) is 16.4. The Balaban J connectivity index is 2.08. The molecule has 7 nitrogen and oxygen atoms in total. The largest absolute Gasteiger partial charge is 0.355 e. The Bertz CT molecular complexity index is 913. The molecule has 2 rings (SSSR count). The Morgan fingerprint density at radius 3 is 2.19 bits per heavy atom. The molecule has 0 bridgehead atoms. The molecule has 1 atom stereocenters. The molecule has 2 aromatic carbocycles. The van der Waals surface area contributed by atoms with Gasteiger partial charge in [0.2, 0.25) is 5.91 Å². The Morgan fingerprint density at radius 2 is 1.63 bits per heavy atom. The molecule has 0 spiro atoms. The summed E-state index contributed by atoms with van der Waals surface area (Å²) in [5.74, 6) is -0.763. The van der Waals surface area contributed by atoms with Crippen LogP contribution in [0.1, 0.15) is 24.2 Å². The first-order valence-electron chi connectivity index (χ1n) is 8.20. The van der Waals surface area contributed by atoms with Gasteiger partial charge in [-0.3, -0.25) is 14.3 Å². The summed E-state index contributed by atoms with van der Waals surface area (Å²) in [6, 6.07) is 11.0. The van der Waals surface area contributed by atoms with Crippen LogP contribution >= 0.6 is 11.6 Å². The molecule has 3 N–H and O–H groups in total. The van der Waals surface area contributed by atoms with Crippen molar-refractivity contribution in [2.45, 2.75) is 24.8 Å². The Kier molecular flexibility index (Phi) is 6.81. The zero-order chi connectivity index (χ0) is 20.0. The van der Waals surface area contributed by atoms with Crippen LogP contribution in [0.3, 0.4) is 0 Å². The minimum absolute atomic E-state index is 0.00535. The first-order chi connectivity index (χ1) is 12.7. The second-order valence-electron chi connectivity index (χ2n) is 5.73. The summed E-state index contributed by atoms with van der Waals surface area (Å²) < 4.78 is 27.2. The summed E-state index contributed by atoms with van der Waals surface area (Å²) >= 11 is 5.78. The monoisotopic (exact) mass is 409 g/mol. The lowest BCUT2D eigenvalue weighted by Gasteiger charge is -2.13. The van der Waals surface area contributed by atoms with Crippen molar-refractivity contribution in [1.82, 2.24) is 10.6 Å². The molecule has 27 heavy (non-hydrogen) atoms. The number of hydrogen-bond donors (Lipinski definition) is 3. The molecule has 9 heteroatoms. The highest BCUT2D eigenvalue weighted by molar-refractivity contribution is 7.92. The van der Waals surface area contributed by atoms with E-state index < -0.39 is 22.0 Å². The van der Waals surface area contributed by atoms with Gasteiger partial charge in [-0.2, -0.15) is 0 Å². The highest BCUT2D eigenvalue weighted by atomic mass is 35.5. The summed E-state index contributed by atoms with van der Waals surface area (Å²) in [5, 5.41) is 5.66. The number of amides is 2. The number of carbonyl (C=O) groups is 2. The summed E-state index contributed by atoms with van der Waals surface area (Å²) in [4.78, 5) is 23.9. The second kappa shape index (κ2) is 8.88. The molecular weight excluding hydrogens is 390 g/mol. The molecule has 144 valence electrons. The van der Waals surface area contributed by atoms with Crippen molar-refractivity contribution in [3.05, 3.63) is 59.1 Å². The van der Waals surface area contributed by atoms with Crippen LogP contribution in [-0.4, -0.2) is 32.8 Å². The van der Waals surface area contributed by atoms with Crippen molar-refractivity contribution in [2.24, 2.45) is 0 Å². The maximum absolute atomic E-state index is 12.4. The number of carbonyl (C=O) groups excluding carboxylic acids is 2. The van der Waals surface area contributed by atoms with Gasteiger partial charge in [0, 0.05) is 22.8 Å². The summed E-state index contributed by atoms with van der Waals surface area (Å²) in [6.07, 6.45) is 0. The van der Waals surface area contributed by atoms with Crippen molar-refractivity contribution in [3.8, 4) is 0 Å². The summed E-state index contributed by atoms with van der Waals surface area (Å²) in [7, 11) is -3.80. The number of nitrogens with one attached hydrogen (secondary N) is 3. The molecule has 0 aromatic heterocycles. The van der Waals surface area contributed by atoms with Crippen molar-refractivity contribution in [3.63, 3.8) is 0 Å². The van der Waals surface area contributed by atoms with Crippen LogP contribution in [0.4, 0.5) is 5.69 Å². The van der Waals surface area contributed by atoms with Crippen molar-refractivity contribution >= 4 is 39.1 Å². The minimum atomic E-state index is -3.80. The third-order valence-electron chi connectivity index (χ3n) is 3.62. The van der Waals surface area contributed by atoms with Gasteiger partial charge in [0.05, 0.1) is 4.90 Å². The molecule has 0 aliphatic heterocycles. The molecule has 0 radical (unpaired) electrons. The minimum Gasteiger partial charge on any atom is -0.355 e. The lowest BCUT2D eigenvalue weighted by atomic mass is 10.2. The fraction of sp³-hybridized carbons (Fsp3) is 0.222. The number of halogens is 1. The van der Waals surface area contributed by atoms with Crippen molar-refractivity contribution < 1.29 is 18.0 Å². The van der Waals surface area contributed by atoms with Gasteiger partial charge < -0.3 is 10.6 Å². The van der Waals surface area contributed by atoms with Crippen LogP contribution in [0, 0.1) is 0 Å². The van der Waals surface area contributed by atoms with E-state index in [4.69, 9.17) is 11.6 Å². The van der Waals surface area contributed by atoms with Gasteiger partial charge in [-0.25, -0.2) is 8.42 Å². The average Bonchev–Trinajstić information content (AvgIpc) is 2.63. The Morgan fingerprint density at radius 1 is 1.04 bits per heavy atom. The first-order valence-corrected chi connectivity index (χ1v) is 10.1. The maximum atomic E-state index is 12.4. The second-order valence-corrected chi connectivity index (χ2v) is 7.85. The molecule has 0 fully saturated rings. The molecular formula is C18H20ClN3O4S. The van der Waals surface area contributed by atoms with E-state index in [0.717, 1.165) is 0 Å². The predicted octanol–water partition coefficient (Wildman–Crippen LogP) is 2.40. The van der Waals surface area contributed by atoms with Gasteiger partial charge >= 0.3 is 0 Å². The van der Waals surface area contributed by atoms with E-state index in [1.807, 2.05) is 0 Å². The quantitative estimate of drug-likeness (QED) is 0.653. The van der Waals surface area contributed by atoms with E-state index in [2.05, 4.69) is 15.4 Å². The number of hydrogen-bond acceptors (Lipinski definition) is 4. The fourth-order valence-corrected chi connectivity index (χ4v) is 3.37. The standard InChI is InChI=1S/C18H20ClN3O4S/c1-3-20-17(23)12(2)21-18(24)13-4-10-16(11-5-13)27(25,26)22-15-8-6-14(19)7-9-15/h4-12,22H,3H2,1-2H3,(H,20,23)(H,21,24)/t12-/m1/s1. The normalized spacial score (nSPS) is 12.1. The van der Waals surface area contributed by atoms with E-state index in [-0.39, 0.29) is 16.4 Å². The van der Waals surface area contributed by atoms with Crippen LogP contribution in [0.25, 0.3) is 0 Å². The Labute approximate surface area is 163 Å². The third-order valence-corrected chi connectivity index (χ3v) is 5.26. The highest BCUT2D eigenvalue weighted by Gasteiger charge is 2.18. The molecule has 0 heterocycles. The predicted molar refractivity (Wildman–Crippen MR) is 104 cm³/mol. The molecule has 0 aliphatic carbocycles. The van der Waals surface area contributed by atoms with Gasteiger partial charge in [0.15, 0.2) is 0 Å². The average molecular weight is 410 g/mol. The fourth-order valence-electron chi connectivity index (χ4n) is 2.19. The van der Waals surface area contributed by atoms with Crippen molar-refractivity contribution in [2.75, 3.05) is 11.3 Å². The van der Waals surface area contributed by atoms with Crippen molar-refractivity contribution in [1.29, 1.82) is 0 Å². The van der Waals surface area contributed by atoms with Gasteiger partial charge in [-0.05, 0) is 62.4 Å². The lowest BCUT2D eigenvalue weighted by Crippen LogP contribution is -2.44. The van der Waals surface area contributed by atoms with E-state index in [1.54, 1.807) is 38.1 Å². The molecule has 2 aromatic rings. The molecule has 2 amide bonds. The topological polar surface area (TPSA) is 104 Å². The van der Waals surface area contributed by atoms with E-state index in [1.165, 1.54) is 24.3 Å². The first kappa shape index (κ1) is 20.7. The number of likely N-dealkylation sites (N-methyl/N-ethyl adjacent to an activating group) is 1. The number of rotatable bonds is 7. The molecule has 0 aliphatic rings. The zero-order valence-electron chi connectivity index (χ0n) is 14.8. The molecule has 0 unspecified atom stereocenters. The molecule has 0 saturated carbocycles. The van der Waals surface area contributed by atoms with Crippen LogP contribution < -0.4 is 15.4 Å². The third kappa shape index (κ3) is 5.70. The van der Waals surface area contributed by atoms with Gasteiger partial charge in [0.25, 0.3) is 15.9 Å². The molecule has 0 saturated heterocycles. The van der Waals surface area contributed by atoms with Gasteiger partial charge in [-0.15, -0.1) is 0 Å². The Hall–Kier alpha value is -2.58.